The molecular formula is C16H16N4O. The standard InChI is InChI=1S/C16H16N4O/c1-12-5-7-13(8-6-12)10-16(21)17-11-15-19-18-14-4-2-3-9-20(14)15/h2-9H,10-11H2,1H3,(H,17,21). The molecule has 3 aromatic rings. The Kier molecular flexibility index (Phi) is 3.64. The van der Waals surface area contributed by atoms with Crippen LogP contribution in [0.25, 0.3) is 5.65 Å². The molecule has 0 saturated carbocycles. The van der Waals surface area contributed by atoms with Crippen molar-refractivity contribution >= 4 is 11.6 Å². The fourth-order valence-corrected chi connectivity index (χ4v) is 2.14. The Morgan fingerprint density at radius 3 is 2.76 bits per heavy atom. The van der Waals surface area contributed by atoms with Gasteiger partial charge < -0.3 is 5.32 Å². The third-order valence-electron chi connectivity index (χ3n) is 3.31. The molecule has 0 atom stereocenters. The molecule has 5 nitrogen and oxygen atoms in total. The molecule has 0 aliphatic heterocycles. The van der Waals surface area contributed by atoms with Crippen LogP contribution in [0.1, 0.15) is 17.0 Å². The van der Waals surface area contributed by atoms with E-state index in [0.29, 0.717) is 13.0 Å². The van der Waals surface area contributed by atoms with E-state index in [4.69, 9.17) is 0 Å². The fraction of sp³-hybridized carbons (Fsp3) is 0.188. The van der Waals surface area contributed by atoms with Crippen LogP contribution < -0.4 is 5.32 Å². The van der Waals surface area contributed by atoms with E-state index in [9.17, 15) is 4.79 Å². The number of carbonyl (C=O) groups is 1. The van der Waals surface area contributed by atoms with Crippen LogP contribution in [0.2, 0.25) is 0 Å². The smallest absolute Gasteiger partial charge is 0.224 e. The van der Waals surface area contributed by atoms with Gasteiger partial charge in [-0.25, -0.2) is 0 Å². The number of hydrogen-bond donors (Lipinski definition) is 1. The summed E-state index contributed by atoms with van der Waals surface area (Å²) in [5.41, 5.74) is 2.97. The molecule has 0 bridgehead atoms. The molecule has 0 radical (unpaired) electrons. The van der Waals surface area contributed by atoms with Crippen LogP contribution in [0.5, 0.6) is 0 Å². The maximum absolute atomic E-state index is 12.0. The number of nitrogens with zero attached hydrogens (tertiary/aromatic N) is 3. The number of pyridine rings is 1. The van der Waals surface area contributed by atoms with Crippen LogP contribution in [-0.4, -0.2) is 20.5 Å². The van der Waals surface area contributed by atoms with E-state index in [-0.39, 0.29) is 5.91 Å². The fourth-order valence-electron chi connectivity index (χ4n) is 2.14. The van der Waals surface area contributed by atoms with Gasteiger partial charge in [-0.05, 0) is 24.6 Å². The van der Waals surface area contributed by atoms with E-state index >= 15 is 0 Å². The van der Waals surface area contributed by atoms with Crippen molar-refractivity contribution in [1.82, 2.24) is 19.9 Å². The maximum Gasteiger partial charge on any atom is 0.224 e. The number of aromatic nitrogens is 3. The van der Waals surface area contributed by atoms with Crippen molar-refractivity contribution in [2.75, 3.05) is 0 Å². The summed E-state index contributed by atoms with van der Waals surface area (Å²) in [5.74, 6) is 0.703. The van der Waals surface area contributed by atoms with Gasteiger partial charge >= 0.3 is 0 Å². The highest BCUT2D eigenvalue weighted by Gasteiger charge is 2.07. The SMILES string of the molecule is Cc1ccc(CC(=O)NCc2nnc3ccccn23)cc1. The second-order valence-corrected chi connectivity index (χ2v) is 4.98. The summed E-state index contributed by atoms with van der Waals surface area (Å²) in [6, 6.07) is 13.7. The van der Waals surface area contributed by atoms with Gasteiger partial charge in [0.15, 0.2) is 11.5 Å². The molecule has 1 N–H and O–H groups in total. The lowest BCUT2D eigenvalue weighted by Gasteiger charge is -2.05. The topological polar surface area (TPSA) is 59.3 Å². The summed E-state index contributed by atoms with van der Waals surface area (Å²) in [5, 5.41) is 11.0. The molecule has 2 aromatic heterocycles. The first kappa shape index (κ1) is 13.3. The highest BCUT2D eigenvalue weighted by atomic mass is 16.1. The highest BCUT2D eigenvalue weighted by molar-refractivity contribution is 5.78. The molecule has 21 heavy (non-hydrogen) atoms. The van der Waals surface area contributed by atoms with E-state index in [0.717, 1.165) is 17.0 Å². The molecule has 1 aromatic carbocycles. The van der Waals surface area contributed by atoms with Gasteiger partial charge in [0.05, 0.1) is 13.0 Å². The molecule has 0 aliphatic carbocycles. The van der Waals surface area contributed by atoms with Gasteiger partial charge in [0, 0.05) is 6.20 Å². The Labute approximate surface area is 122 Å². The molecule has 2 heterocycles. The Morgan fingerprint density at radius 1 is 1.14 bits per heavy atom. The number of aryl methyl sites for hydroxylation is 1. The molecule has 0 spiro atoms. The lowest BCUT2D eigenvalue weighted by molar-refractivity contribution is -0.120. The third-order valence-corrected chi connectivity index (χ3v) is 3.31. The largest absolute Gasteiger partial charge is 0.348 e. The second kappa shape index (κ2) is 5.75. The Bertz CT molecular complexity index is 761. The minimum atomic E-state index is -0.0217. The highest BCUT2D eigenvalue weighted by Crippen LogP contribution is 2.05. The molecule has 0 unspecified atom stereocenters. The summed E-state index contributed by atoms with van der Waals surface area (Å²) in [7, 11) is 0. The number of nitrogens with one attached hydrogen (secondary N) is 1. The summed E-state index contributed by atoms with van der Waals surface area (Å²) >= 11 is 0. The molecule has 0 fully saturated rings. The molecular weight excluding hydrogens is 264 g/mol. The van der Waals surface area contributed by atoms with Crippen molar-refractivity contribution < 1.29 is 4.79 Å². The Morgan fingerprint density at radius 2 is 1.95 bits per heavy atom. The zero-order valence-corrected chi connectivity index (χ0v) is 11.8. The molecule has 5 heteroatoms. The normalized spacial score (nSPS) is 10.7. The van der Waals surface area contributed by atoms with Crippen LogP contribution in [0.15, 0.2) is 48.7 Å². The van der Waals surface area contributed by atoms with E-state index < -0.39 is 0 Å². The predicted molar refractivity (Wildman–Crippen MR) is 79.7 cm³/mol. The van der Waals surface area contributed by atoms with Crippen molar-refractivity contribution in [1.29, 1.82) is 0 Å². The van der Waals surface area contributed by atoms with E-state index in [1.807, 2.05) is 60.0 Å². The number of fused-ring (bicyclic) bond motifs is 1. The monoisotopic (exact) mass is 280 g/mol. The van der Waals surface area contributed by atoms with Gasteiger partial charge in [0.1, 0.15) is 0 Å². The van der Waals surface area contributed by atoms with E-state index in [2.05, 4.69) is 15.5 Å². The first-order valence-electron chi connectivity index (χ1n) is 6.83. The number of rotatable bonds is 4. The molecule has 106 valence electrons. The quantitative estimate of drug-likeness (QED) is 0.794. The minimum absolute atomic E-state index is 0.0217. The maximum atomic E-state index is 12.0. The third kappa shape index (κ3) is 3.08. The summed E-state index contributed by atoms with van der Waals surface area (Å²) < 4.78 is 1.87. The number of amides is 1. The van der Waals surface area contributed by atoms with Crippen LogP contribution in [-0.2, 0) is 17.8 Å². The van der Waals surface area contributed by atoms with Crippen molar-refractivity contribution in [2.45, 2.75) is 19.9 Å². The zero-order chi connectivity index (χ0) is 14.7. The van der Waals surface area contributed by atoms with Gasteiger partial charge in [0.2, 0.25) is 5.91 Å². The number of hydrogen-bond acceptors (Lipinski definition) is 3. The van der Waals surface area contributed by atoms with Crippen molar-refractivity contribution in [3.63, 3.8) is 0 Å². The second-order valence-electron chi connectivity index (χ2n) is 4.98. The lowest BCUT2D eigenvalue weighted by atomic mass is 10.1. The average molecular weight is 280 g/mol. The molecule has 1 amide bonds. The van der Waals surface area contributed by atoms with Crippen LogP contribution >= 0.6 is 0 Å². The molecule has 3 rings (SSSR count). The van der Waals surface area contributed by atoms with Gasteiger partial charge in [0.25, 0.3) is 0 Å². The lowest BCUT2D eigenvalue weighted by Crippen LogP contribution is -2.25. The number of carbonyl (C=O) groups excluding carboxylic acids is 1. The summed E-state index contributed by atoms with van der Waals surface area (Å²) in [6.07, 6.45) is 2.26. The van der Waals surface area contributed by atoms with E-state index in [1.165, 1.54) is 5.56 Å². The van der Waals surface area contributed by atoms with Gasteiger partial charge in [-0.1, -0.05) is 35.9 Å². The van der Waals surface area contributed by atoms with Gasteiger partial charge in [-0.3, -0.25) is 9.20 Å². The van der Waals surface area contributed by atoms with Gasteiger partial charge in [-0.15, -0.1) is 10.2 Å². The Balaban J connectivity index is 1.62. The van der Waals surface area contributed by atoms with Crippen LogP contribution in [0.3, 0.4) is 0 Å². The number of benzene rings is 1. The molecule has 0 saturated heterocycles. The van der Waals surface area contributed by atoms with E-state index in [1.54, 1.807) is 0 Å². The van der Waals surface area contributed by atoms with Crippen molar-refractivity contribution in [3.8, 4) is 0 Å². The minimum Gasteiger partial charge on any atom is -0.348 e. The van der Waals surface area contributed by atoms with Gasteiger partial charge in [-0.2, -0.15) is 0 Å². The summed E-state index contributed by atoms with van der Waals surface area (Å²) in [6.45, 7) is 2.40. The first-order valence-corrected chi connectivity index (χ1v) is 6.83. The summed E-state index contributed by atoms with van der Waals surface area (Å²) in [4.78, 5) is 12.0. The van der Waals surface area contributed by atoms with Crippen molar-refractivity contribution in [3.05, 3.63) is 65.6 Å². The molecule has 0 aliphatic rings. The first-order chi connectivity index (χ1) is 10.2. The predicted octanol–water partition coefficient (Wildman–Crippen LogP) is 1.90. The zero-order valence-electron chi connectivity index (χ0n) is 11.8. The van der Waals surface area contributed by atoms with Crippen molar-refractivity contribution in [2.24, 2.45) is 0 Å². The Hall–Kier alpha value is -2.69. The average Bonchev–Trinajstić information content (AvgIpc) is 2.91. The van der Waals surface area contributed by atoms with Crippen LogP contribution in [0, 0.1) is 6.92 Å². The van der Waals surface area contributed by atoms with Crippen LogP contribution in [0.4, 0.5) is 0 Å².